The van der Waals surface area contributed by atoms with Gasteiger partial charge in [0.1, 0.15) is 18.2 Å². The Labute approximate surface area is 177 Å². The number of hydrogen-bond donors (Lipinski definition) is 0. The van der Waals surface area contributed by atoms with E-state index in [1.165, 1.54) is 17.0 Å². The van der Waals surface area contributed by atoms with Gasteiger partial charge in [0.05, 0.1) is 5.60 Å². The van der Waals surface area contributed by atoms with E-state index in [2.05, 4.69) is 0 Å². The summed E-state index contributed by atoms with van der Waals surface area (Å²) >= 11 is 0. The van der Waals surface area contributed by atoms with Gasteiger partial charge in [-0.25, -0.2) is 9.18 Å². The fourth-order valence-corrected chi connectivity index (χ4v) is 3.61. The van der Waals surface area contributed by atoms with Gasteiger partial charge in [-0.15, -0.1) is 0 Å². The average molecular weight is 416 g/mol. The van der Waals surface area contributed by atoms with Crippen LogP contribution in [0.2, 0.25) is 0 Å². The summed E-state index contributed by atoms with van der Waals surface area (Å²) in [7, 11) is 6.80. The maximum atomic E-state index is 14.3. The number of ether oxygens (including phenoxy) is 3. The zero-order valence-corrected chi connectivity index (χ0v) is 18.0. The molecule has 2 amide bonds. The molecule has 1 aliphatic heterocycles. The van der Waals surface area contributed by atoms with Crippen LogP contribution in [-0.4, -0.2) is 52.4 Å². The second-order valence-electron chi connectivity index (χ2n) is 7.68. The number of amides is 2. The average Bonchev–Trinajstić information content (AvgIpc) is 2.77. The molecule has 0 atom stereocenters. The number of benzene rings is 2. The first kappa shape index (κ1) is 22.1. The van der Waals surface area contributed by atoms with Gasteiger partial charge in [-0.3, -0.25) is 4.90 Å². The summed E-state index contributed by atoms with van der Waals surface area (Å²) in [5.41, 5.74) is 1.92. The van der Waals surface area contributed by atoms with Gasteiger partial charge in [-0.1, -0.05) is 12.1 Å². The number of hydrogen-bond acceptors (Lipinski definition) is 4. The van der Waals surface area contributed by atoms with Gasteiger partial charge in [0, 0.05) is 66.1 Å². The zero-order valence-electron chi connectivity index (χ0n) is 18.0. The predicted molar refractivity (Wildman–Crippen MR) is 113 cm³/mol. The number of urea groups is 1. The van der Waals surface area contributed by atoms with Crippen LogP contribution in [-0.2, 0) is 21.7 Å². The SMILES string of the molecule is COC1(c2cc(F)cc(OCc3ccc(N(C)C(=O)N(C)C)cc3)c2)CCOCC1. The quantitative estimate of drug-likeness (QED) is 0.709. The van der Waals surface area contributed by atoms with Crippen LogP contribution in [0.3, 0.4) is 0 Å². The molecule has 0 N–H and O–H groups in total. The topological polar surface area (TPSA) is 51.2 Å². The lowest BCUT2D eigenvalue weighted by Gasteiger charge is -2.36. The van der Waals surface area contributed by atoms with Crippen molar-refractivity contribution in [3.8, 4) is 5.75 Å². The van der Waals surface area contributed by atoms with Crippen molar-refractivity contribution in [2.24, 2.45) is 0 Å². The van der Waals surface area contributed by atoms with Gasteiger partial charge in [0.2, 0.25) is 0 Å². The Morgan fingerprint density at radius 2 is 1.77 bits per heavy atom. The summed E-state index contributed by atoms with van der Waals surface area (Å²) in [4.78, 5) is 15.1. The Bertz CT molecular complexity index is 864. The van der Waals surface area contributed by atoms with Crippen molar-refractivity contribution in [3.63, 3.8) is 0 Å². The Hall–Kier alpha value is -2.64. The molecular weight excluding hydrogens is 387 g/mol. The van der Waals surface area contributed by atoms with E-state index in [4.69, 9.17) is 14.2 Å². The molecule has 1 saturated heterocycles. The molecule has 0 aromatic heterocycles. The fraction of sp³-hybridized carbons (Fsp3) is 0.435. The molecule has 2 aromatic carbocycles. The molecule has 3 rings (SSSR count). The highest BCUT2D eigenvalue weighted by atomic mass is 19.1. The first-order chi connectivity index (χ1) is 14.3. The molecule has 6 nitrogen and oxygen atoms in total. The Morgan fingerprint density at radius 3 is 2.37 bits per heavy atom. The van der Waals surface area contributed by atoms with Crippen molar-refractivity contribution >= 4 is 11.7 Å². The van der Waals surface area contributed by atoms with Crippen molar-refractivity contribution in [1.82, 2.24) is 4.90 Å². The number of nitrogens with zero attached hydrogens (tertiary/aromatic N) is 2. The maximum absolute atomic E-state index is 14.3. The minimum atomic E-state index is -0.552. The summed E-state index contributed by atoms with van der Waals surface area (Å²) < 4.78 is 31.4. The Kier molecular flexibility index (Phi) is 6.95. The van der Waals surface area contributed by atoms with Gasteiger partial charge < -0.3 is 19.1 Å². The molecule has 0 aliphatic carbocycles. The van der Waals surface area contributed by atoms with E-state index in [9.17, 15) is 9.18 Å². The number of methoxy groups -OCH3 is 1. The molecule has 162 valence electrons. The molecule has 7 heteroatoms. The van der Waals surface area contributed by atoms with Gasteiger partial charge in [0.25, 0.3) is 0 Å². The first-order valence-corrected chi connectivity index (χ1v) is 9.95. The van der Waals surface area contributed by atoms with Crippen molar-refractivity contribution in [2.75, 3.05) is 46.4 Å². The van der Waals surface area contributed by atoms with E-state index in [0.717, 1.165) is 16.8 Å². The first-order valence-electron chi connectivity index (χ1n) is 9.95. The van der Waals surface area contributed by atoms with Gasteiger partial charge in [-0.05, 0) is 35.4 Å². The van der Waals surface area contributed by atoms with Gasteiger partial charge >= 0.3 is 6.03 Å². The fourth-order valence-electron chi connectivity index (χ4n) is 3.61. The summed E-state index contributed by atoms with van der Waals surface area (Å²) in [5, 5.41) is 0. The summed E-state index contributed by atoms with van der Waals surface area (Å²) in [6, 6.07) is 12.1. The largest absolute Gasteiger partial charge is 0.489 e. The van der Waals surface area contributed by atoms with Crippen molar-refractivity contribution in [2.45, 2.75) is 25.0 Å². The highest BCUT2D eigenvalue weighted by Crippen LogP contribution is 2.37. The number of carbonyl (C=O) groups excluding carboxylic acids is 1. The van der Waals surface area contributed by atoms with E-state index < -0.39 is 5.60 Å². The van der Waals surface area contributed by atoms with Crippen LogP contribution in [0.4, 0.5) is 14.9 Å². The molecule has 1 fully saturated rings. The van der Waals surface area contributed by atoms with E-state index in [-0.39, 0.29) is 18.5 Å². The Balaban J connectivity index is 1.70. The van der Waals surface area contributed by atoms with Crippen LogP contribution in [0.15, 0.2) is 42.5 Å². The molecule has 0 unspecified atom stereocenters. The minimum absolute atomic E-state index is 0.105. The summed E-state index contributed by atoms with van der Waals surface area (Å²) in [6.07, 6.45) is 1.35. The van der Waals surface area contributed by atoms with Crippen LogP contribution >= 0.6 is 0 Å². The molecule has 2 aromatic rings. The van der Waals surface area contributed by atoms with E-state index in [1.807, 2.05) is 30.3 Å². The molecule has 0 spiro atoms. The second-order valence-corrected chi connectivity index (χ2v) is 7.68. The highest BCUT2D eigenvalue weighted by molar-refractivity contribution is 5.91. The van der Waals surface area contributed by atoms with E-state index >= 15 is 0 Å². The Morgan fingerprint density at radius 1 is 1.10 bits per heavy atom. The third-order valence-electron chi connectivity index (χ3n) is 5.49. The zero-order chi connectivity index (χ0) is 21.7. The third kappa shape index (κ3) is 4.91. The molecule has 1 aliphatic rings. The molecule has 0 radical (unpaired) electrons. The molecule has 0 bridgehead atoms. The number of rotatable bonds is 6. The summed E-state index contributed by atoms with van der Waals surface area (Å²) in [5.74, 6) is 0.0986. The van der Waals surface area contributed by atoms with E-state index in [1.54, 1.807) is 33.2 Å². The summed E-state index contributed by atoms with van der Waals surface area (Å²) in [6.45, 7) is 1.45. The highest BCUT2D eigenvalue weighted by Gasteiger charge is 2.35. The monoisotopic (exact) mass is 416 g/mol. The van der Waals surface area contributed by atoms with Crippen LogP contribution in [0, 0.1) is 5.82 Å². The third-order valence-corrected chi connectivity index (χ3v) is 5.49. The van der Waals surface area contributed by atoms with Crippen molar-refractivity contribution < 1.29 is 23.4 Å². The lowest BCUT2D eigenvalue weighted by atomic mass is 9.86. The van der Waals surface area contributed by atoms with Crippen molar-refractivity contribution in [1.29, 1.82) is 0 Å². The predicted octanol–water partition coefficient (Wildman–Crippen LogP) is 4.17. The number of carbonyl (C=O) groups is 1. The maximum Gasteiger partial charge on any atom is 0.323 e. The second kappa shape index (κ2) is 9.45. The molecule has 1 heterocycles. The number of halogens is 1. The minimum Gasteiger partial charge on any atom is -0.489 e. The molecular formula is C23H29FN2O4. The standard InChI is InChI=1S/C23H29FN2O4/c1-25(2)22(27)26(3)20-7-5-17(6-8-20)16-30-21-14-18(13-19(24)15-21)23(28-4)9-11-29-12-10-23/h5-8,13-15H,9-12,16H2,1-4H3. The lowest BCUT2D eigenvalue weighted by molar-refractivity contribution is -0.0950. The smallest absolute Gasteiger partial charge is 0.323 e. The van der Waals surface area contributed by atoms with Crippen LogP contribution in [0.25, 0.3) is 0 Å². The number of anilines is 1. The van der Waals surface area contributed by atoms with Crippen LogP contribution in [0.5, 0.6) is 5.75 Å². The molecule has 30 heavy (non-hydrogen) atoms. The van der Waals surface area contributed by atoms with Gasteiger partial charge in [0.15, 0.2) is 0 Å². The normalized spacial score (nSPS) is 15.5. The van der Waals surface area contributed by atoms with E-state index in [0.29, 0.717) is 31.8 Å². The van der Waals surface area contributed by atoms with Gasteiger partial charge in [-0.2, -0.15) is 0 Å². The van der Waals surface area contributed by atoms with Crippen LogP contribution in [0.1, 0.15) is 24.0 Å². The van der Waals surface area contributed by atoms with Crippen LogP contribution < -0.4 is 9.64 Å². The lowest BCUT2D eigenvalue weighted by Crippen LogP contribution is -2.36. The molecule has 0 saturated carbocycles. The van der Waals surface area contributed by atoms with Crippen molar-refractivity contribution in [3.05, 3.63) is 59.4 Å².